The smallest absolute Gasteiger partial charge is 0 e. The van der Waals surface area contributed by atoms with Crippen molar-refractivity contribution in [2.24, 2.45) is 0 Å². The summed E-state index contributed by atoms with van der Waals surface area (Å²) in [6.45, 7) is 0. The molecule has 0 radical (unpaired) electrons. The van der Waals surface area contributed by atoms with Gasteiger partial charge in [0, 0.05) is 19.5 Å². The monoisotopic (exact) mass is 200 g/mol. The summed E-state index contributed by atoms with van der Waals surface area (Å²) in [4.78, 5) is 0. The molecule has 0 aromatic carbocycles. The van der Waals surface area contributed by atoms with Gasteiger partial charge in [0.05, 0.1) is 0 Å². The zero-order valence-corrected chi connectivity index (χ0v) is 8.63. The molecule has 0 fully saturated rings. The van der Waals surface area contributed by atoms with E-state index in [1.54, 1.807) is 0 Å². The van der Waals surface area contributed by atoms with Crippen molar-refractivity contribution in [3.05, 3.63) is 0 Å². The first kappa shape index (κ1) is 15.8. The standard InChI is InChI=1S/2ClHS.Zn/c2*1-2;/h2*2H;. The average Bonchev–Trinajstić information content (AvgIpc) is 1.50. The van der Waals surface area contributed by atoms with Crippen LogP contribution in [0.1, 0.15) is 0 Å². The van der Waals surface area contributed by atoms with E-state index >= 15 is 0 Å². The van der Waals surface area contributed by atoms with Crippen molar-refractivity contribution >= 4 is 45.0 Å². The molecule has 0 amide bonds. The molecule has 0 rings (SSSR count). The van der Waals surface area contributed by atoms with Crippen LogP contribution in [0.3, 0.4) is 0 Å². The fourth-order valence-corrected chi connectivity index (χ4v) is 0. The van der Waals surface area contributed by atoms with Crippen LogP contribution < -0.4 is 0 Å². The van der Waals surface area contributed by atoms with E-state index in [0.717, 1.165) is 0 Å². The molecule has 0 aliphatic rings. The van der Waals surface area contributed by atoms with Crippen LogP contribution in [0.4, 0.5) is 0 Å². The van der Waals surface area contributed by atoms with Gasteiger partial charge < -0.3 is 0 Å². The van der Waals surface area contributed by atoms with Crippen molar-refractivity contribution in [1.29, 1.82) is 0 Å². The molecule has 0 unspecified atom stereocenters. The Morgan fingerprint density at radius 1 is 0.800 bits per heavy atom. The summed E-state index contributed by atoms with van der Waals surface area (Å²) in [7, 11) is 8.67. The van der Waals surface area contributed by atoms with Crippen molar-refractivity contribution in [3.8, 4) is 0 Å². The molecule has 5 heteroatoms. The van der Waals surface area contributed by atoms with Gasteiger partial charge >= 0.3 is 0 Å². The normalized spacial score (nSPS) is 2.40. The maximum absolute atomic E-state index is 4.33. The van der Waals surface area contributed by atoms with E-state index in [4.69, 9.17) is 0 Å². The second kappa shape index (κ2) is 39.2. The van der Waals surface area contributed by atoms with Crippen molar-refractivity contribution in [3.63, 3.8) is 0 Å². The average molecular weight is 202 g/mol. The van der Waals surface area contributed by atoms with E-state index in [1.165, 1.54) is 0 Å². The molecule has 0 aromatic heterocycles. The first-order valence-corrected chi connectivity index (χ1v) is 3.04. The predicted octanol–water partition coefficient (Wildman–Crippen LogP) is 2.14. The van der Waals surface area contributed by atoms with Crippen molar-refractivity contribution in [2.45, 2.75) is 0 Å². The number of halogens is 2. The SMILES string of the molecule is SCl.SCl.[Zn]. The maximum Gasteiger partial charge on any atom is 0 e. The second-order valence-electron chi connectivity index (χ2n) is 0. The predicted molar refractivity (Wildman–Crippen MR) is 29.7 cm³/mol. The van der Waals surface area contributed by atoms with Gasteiger partial charge in [-0.3, -0.25) is 0 Å². The van der Waals surface area contributed by atoms with Crippen LogP contribution in [0.2, 0.25) is 0 Å². The Morgan fingerprint density at radius 3 is 0.800 bits per heavy atom. The molecule has 0 aliphatic carbocycles. The van der Waals surface area contributed by atoms with E-state index in [2.05, 4.69) is 45.0 Å². The topological polar surface area (TPSA) is 0 Å². The van der Waals surface area contributed by atoms with E-state index in [-0.39, 0.29) is 19.5 Å². The van der Waals surface area contributed by atoms with Gasteiger partial charge in [-0.15, -0.1) is 0 Å². The molecule has 0 saturated heterocycles. The molecule has 0 aliphatic heterocycles. The fraction of sp³-hybridized carbons (Fsp3) is 0. The van der Waals surface area contributed by atoms with Crippen molar-refractivity contribution in [2.75, 3.05) is 0 Å². The van der Waals surface area contributed by atoms with Gasteiger partial charge in [0.15, 0.2) is 0 Å². The molecule has 0 N–H and O–H groups in total. The summed E-state index contributed by atoms with van der Waals surface area (Å²) >= 11 is 6.00. The third-order valence-electron chi connectivity index (χ3n) is 0. The molecular weight excluding hydrogens is 200 g/mol. The summed E-state index contributed by atoms with van der Waals surface area (Å²) in [6, 6.07) is 0. The largest absolute Gasteiger partial charge is 0.0728 e. The molecule has 0 heterocycles. The third kappa shape index (κ3) is 24.8. The van der Waals surface area contributed by atoms with Gasteiger partial charge in [-0.2, -0.15) is 0 Å². The zero-order chi connectivity index (χ0) is 4.00. The summed E-state index contributed by atoms with van der Waals surface area (Å²) in [5, 5.41) is 0. The summed E-state index contributed by atoms with van der Waals surface area (Å²) < 4.78 is 0. The van der Waals surface area contributed by atoms with Crippen LogP contribution in [-0.2, 0) is 19.5 Å². The molecule has 0 spiro atoms. The Balaban J connectivity index is -0.0000000133. The van der Waals surface area contributed by atoms with Crippen LogP contribution in [0, 0.1) is 0 Å². The van der Waals surface area contributed by atoms with E-state index in [1.807, 2.05) is 0 Å². The first-order valence-electron chi connectivity index (χ1n) is 0.338. The first-order chi connectivity index (χ1) is 2.00. The van der Waals surface area contributed by atoms with Gasteiger partial charge in [0.2, 0.25) is 0 Å². The maximum atomic E-state index is 4.33. The molecular formula is H2Cl2S2Zn. The molecule has 0 nitrogen and oxygen atoms in total. The van der Waals surface area contributed by atoms with E-state index < -0.39 is 0 Å². The zero-order valence-electron chi connectivity index (χ0n) is 2.36. The van der Waals surface area contributed by atoms with Gasteiger partial charge in [-0.25, -0.2) is 0 Å². The van der Waals surface area contributed by atoms with Gasteiger partial charge in [-0.1, -0.05) is 23.7 Å². The Morgan fingerprint density at radius 2 is 0.800 bits per heavy atom. The van der Waals surface area contributed by atoms with Crippen LogP contribution in [-0.4, -0.2) is 0 Å². The fourth-order valence-electron chi connectivity index (χ4n) is 0. The molecule has 0 aromatic rings. The Bertz CT molecular complexity index is 7.61. The minimum Gasteiger partial charge on any atom is -0.0728 e. The molecule has 0 atom stereocenters. The van der Waals surface area contributed by atoms with Gasteiger partial charge in [-0.05, 0) is 21.4 Å². The molecule has 5 heavy (non-hydrogen) atoms. The van der Waals surface area contributed by atoms with Gasteiger partial charge in [0.1, 0.15) is 0 Å². The Hall–Kier alpha value is 1.90. The third-order valence-corrected chi connectivity index (χ3v) is 0. The summed E-state index contributed by atoms with van der Waals surface area (Å²) in [5.74, 6) is 0. The van der Waals surface area contributed by atoms with E-state index in [0.29, 0.717) is 0 Å². The summed E-state index contributed by atoms with van der Waals surface area (Å²) in [6.07, 6.45) is 0. The quantitative estimate of drug-likeness (QED) is 0.436. The van der Waals surface area contributed by atoms with Crippen molar-refractivity contribution < 1.29 is 19.5 Å². The van der Waals surface area contributed by atoms with Crippen molar-refractivity contribution in [1.82, 2.24) is 0 Å². The Kier molecular flexibility index (Phi) is 124. The van der Waals surface area contributed by atoms with Crippen LogP contribution in [0.5, 0.6) is 0 Å². The second-order valence-corrected chi connectivity index (χ2v) is 0. The minimum atomic E-state index is 0. The van der Waals surface area contributed by atoms with Crippen LogP contribution in [0.25, 0.3) is 0 Å². The summed E-state index contributed by atoms with van der Waals surface area (Å²) in [5.41, 5.74) is 0. The van der Waals surface area contributed by atoms with Crippen LogP contribution >= 0.6 is 45.0 Å². The molecule has 0 bridgehead atoms. The van der Waals surface area contributed by atoms with Gasteiger partial charge in [0.25, 0.3) is 0 Å². The minimum absolute atomic E-state index is 0. The Labute approximate surface area is 64.2 Å². The number of rotatable bonds is 0. The molecule has 30 valence electrons. The number of thiol groups is 2. The molecule has 0 saturated carbocycles. The number of hydrogen-bond acceptors (Lipinski definition) is 2. The van der Waals surface area contributed by atoms with E-state index in [9.17, 15) is 0 Å². The van der Waals surface area contributed by atoms with Crippen LogP contribution in [0.15, 0.2) is 0 Å². The number of hydrogen-bond donors (Lipinski definition) is 2.